The average molecular weight is 500 g/mol. The number of carbonyl (C=O) groups excluding carboxylic acids is 1. The van der Waals surface area contributed by atoms with Crippen LogP contribution in [0.3, 0.4) is 0 Å². The Morgan fingerprint density at radius 3 is 2.51 bits per heavy atom. The lowest BCUT2D eigenvalue weighted by atomic mass is 10.1. The number of ether oxygens (including phenoxy) is 1. The summed E-state index contributed by atoms with van der Waals surface area (Å²) in [5.41, 5.74) is 2.75. The molecule has 1 saturated heterocycles. The molecule has 10 heteroatoms. The summed E-state index contributed by atoms with van der Waals surface area (Å²) in [7, 11) is -3.57. The smallest absolute Gasteiger partial charge is 0.411 e. The molecule has 0 bridgehead atoms. The summed E-state index contributed by atoms with van der Waals surface area (Å²) >= 11 is 0. The van der Waals surface area contributed by atoms with Crippen molar-refractivity contribution >= 4 is 32.8 Å². The number of nitrogens with zero attached hydrogens (tertiary/aromatic N) is 2. The predicted octanol–water partition coefficient (Wildman–Crippen LogP) is 3.48. The van der Waals surface area contributed by atoms with E-state index in [1.54, 1.807) is 31.2 Å². The van der Waals surface area contributed by atoms with Gasteiger partial charge in [0.25, 0.3) is 0 Å². The van der Waals surface area contributed by atoms with Crippen LogP contribution in [-0.4, -0.2) is 56.5 Å². The Balaban J connectivity index is 1.48. The average Bonchev–Trinajstić information content (AvgIpc) is 2.80. The molecule has 35 heavy (non-hydrogen) atoms. The summed E-state index contributed by atoms with van der Waals surface area (Å²) in [6.07, 6.45) is -0.584. The number of benzene rings is 2. The van der Waals surface area contributed by atoms with Crippen LogP contribution in [0.25, 0.3) is 11.0 Å². The summed E-state index contributed by atoms with van der Waals surface area (Å²) in [4.78, 5) is 26.4. The van der Waals surface area contributed by atoms with E-state index in [1.807, 2.05) is 26.0 Å². The van der Waals surface area contributed by atoms with Crippen molar-refractivity contribution in [3.8, 4) is 0 Å². The fourth-order valence-electron chi connectivity index (χ4n) is 4.22. The van der Waals surface area contributed by atoms with E-state index in [9.17, 15) is 18.0 Å². The van der Waals surface area contributed by atoms with Gasteiger partial charge in [0, 0.05) is 55.9 Å². The van der Waals surface area contributed by atoms with Crippen molar-refractivity contribution in [1.29, 1.82) is 0 Å². The highest BCUT2D eigenvalue weighted by Crippen LogP contribution is 2.25. The number of fused-ring (bicyclic) bond motifs is 1. The van der Waals surface area contributed by atoms with Gasteiger partial charge in [0.05, 0.1) is 11.5 Å². The molecular formula is C25H29N3O6S. The number of rotatable bonds is 6. The van der Waals surface area contributed by atoms with Crippen LogP contribution in [0.5, 0.6) is 0 Å². The molecule has 1 N–H and O–H groups in total. The predicted molar refractivity (Wildman–Crippen MR) is 133 cm³/mol. The molecule has 1 fully saturated rings. The van der Waals surface area contributed by atoms with E-state index in [-0.39, 0.29) is 6.61 Å². The van der Waals surface area contributed by atoms with Gasteiger partial charge < -0.3 is 9.15 Å². The van der Waals surface area contributed by atoms with Gasteiger partial charge in [-0.1, -0.05) is 12.1 Å². The van der Waals surface area contributed by atoms with Crippen molar-refractivity contribution in [3.63, 3.8) is 0 Å². The number of carbonyl (C=O) groups is 1. The van der Waals surface area contributed by atoms with Gasteiger partial charge in [0.2, 0.25) is 10.0 Å². The molecular weight excluding hydrogens is 470 g/mol. The second-order valence-electron chi connectivity index (χ2n) is 8.60. The van der Waals surface area contributed by atoms with Gasteiger partial charge in [0.15, 0.2) is 0 Å². The third-order valence-electron chi connectivity index (χ3n) is 6.04. The first kappa shape index (κ1) is 24.9. The van der Waals surface area contributed by atoms with Crippen LogP contribution < -0.4 is 10.9 Å². The summed E-state index contributed by atoms with van der Waals surface area (Å²) in [6, 6.07) is 12.0. The molecule has 0 radical (unpaired) electrons. The van der Waals surface area contributed by atoms with Gasteiger partial charge in [-0.15, -0.1) is 0 Å². The van der Waals surface area contributed by atoms with Crippen molar-refractivity contribution in [1.82, 2.24) is 9.21 Å². The fraction of sp³-hybridized carbons (Fsp3) is 0.360. The molecule has 0 unspecified atom stereocenters. The zero-order valence-electron chi connectivity index (χ0n) is 20.0. The largest absolute Gasteiger partial charge is 0.450 e. The number of piperazine rings is 1. The summed E-state index contributed by atoms with van der Waals surface area (Å²) < 4.78 is 38.2. The Labute approximate surface area is 204 Å². The van der Waals surface area contributed by atoms with Crippen LogP contribution in [0.15, 0.2) is 56.6 Å². The van der Waals surface area contributed by atoms with Crippen LogP contribution in [0.2, 0.25) is 0 Å². The molecule has 2 heterocycles. The molecule has 1 aromatic heterocycles. The Bertz CT molecular complexity index is 1410. The summed E-state index contributed by atoms with van der Waals surface area (Å²) in [6.45, 7) is 7.93. The summed E-state index contributed by atoms with van der Waals surface area (Å²) in [5.74, 6) is 0. The van der Waals surface area contributed by atoms with Crippen molar-refractivity contribution in [2.75, 3.05) is 38.1 Å². The molecule has 1 aliphatic rings. The molecule has 0 saturated carbocycles. The summed E-state index contributed by atoms with van der Waals surface area (Å²) in [5, 5.41) is 3.35. The topological polar surface area (TPSA) is 109 Å². The number of sulfonamides is 1. The SMILES string of the molecule is CCOC(=O)Nc1ccc2c(CN3CCN(S(=O)(=O)c4cc(C)ccc4C)CC3)cc(=O)oc2c1. The highest BCUT2D eigenvalue weighted by molar-refractivity contribution is 7.89. The van der Waals surface area contributed by atoms with Crippen LogP contribution in [0.4, 0.5) is 10.5 Å². The third-order valence-corrected chi connectivity index (χ3v) is 8.08. The first-order valence-electron chi connectivity index (χ1n) is 11.5. The van der Waals surface area contributed by atoms with Crippen LogP contribution in [-0.2, 0) is 21.3 Å². The maximum Gasteiger partial charge on any atom is 0.411 e. The second-order valence-corrected chi connectivity index (χ2v) is 10.5. The maximum atomic E-state index is 13.2. The van der Waals surface area contributed by atoms with Crippen molar-refractivity contribution in [2.24, 2.45) is 0 Å². The van der Waals surface area contributed by atoms with E-state index in [2.05, 4.69) is 10.2 Å². The first-order valence-corrected chi connectivity index (χ1v) is 12.9. The number of aryl methyl sites for hydroxylation is 2. The normalized spacial score (nSPS) is 15.3. The van der Waals surface area contributed by atoms with E-state index in [1.165, 1.54) is 10.4 Å². The van der Waals surface area contributed by atoms with Gasteiger partial charge in [0.1, 0.15) is 5.58 Å². The van der Waals surface area contributed by atoms with Gasteiger partial charge in [-0.2, -0.15) is 4.31 Å². The van der Waals surface area contributed by atoms with Gasteiger partial charge in [-0.05, 0) is 55.7 Å². The molecule has 4 rings (SSSR count). The molecule has 1 amide bonds. The molecule has 2 aromatic carbocycles. The molecule has 186 valence electrons. The van der Waals surface area contributed by atoms with E-state index in [0.717, 1.165) is 22.1 Å². The molecule has 0 spiro atoms. The Kier molecular flexibility index (Phi) is 7.25. The number of hydrogen-bond acceptors (Lipinski definition) is 7. The maximum absolute atomic E-state index is 13.2. The molecule has 9 nitrogen and oxygen atoms in total. The Hall–Kier alpha value is -3.21. The van der Waals surface area contributed by atoms with Gasteiger partial charge >= 0.3 is 11.7 Å². The lowest BCUT2D eigenvalue weighted by Gasteiger charge is -2.34. The molecule has 0 aliphatic carbocycles. The highest BCUT2D eigenvalue weighted by Gasteiger charge is 2.30. The lowest BCUT2D eigenvalue weighted by Crippen LogP contribution is -2.48. The number of hydrogen-bond donors (Lipinski definition) is 1. The van der Waals surface area contributed by atoms with Crippen LogP contribution in [0.1, 0.15) is 23.6 Å². The van der Waals surface area contributed by atoms with Gasteiger partial charge in [-0.25, -0.2) is 18.0 Å². The number of anilines is 1. The van der Waals surface area contributed by atoms with Crippen LogP contribution >= 0.6 is 0 Å². The van der Waals surface area contributed by atoms with Crippen LogP contribution in [0, 0.1) is 13.8 Å². The van der Waals surface area contributed by atoms with E-state index >= 15 is 0 Å². The number of amides is 1. The zero-order chi connectivity index (χ0) is 25.2. The third kappa shape index (κ3) is 5.55. The lowest BCUT2D eigenvalue weighted by molar-refractivity contribution is 0.168. The minimum Gasteiger partial charge on any atom is -0.450 e. The Morgan fingerprint density at radius 2 is 1.80 bits per heavy atom. The monoisotopic (exact) mass is 499 g/mol. The van der Waals surface area contributed by atoms with E-state index < -0.39 is 21.7 Å². The highest BCUT2D eigenvalue weighted by atomic mass is 32.2. The zero-order valence-corrected chi connectivity index (χ0v) is 20.9. The number of nitrogens with one attached hydrogen (secondary N) is 1. The van der Waals surface area contributed by atoms with E-state index in [4.69, 9.17) is 9.15 Å². The van der Waals surface area contributed by atoms with Crippen molar-refractivity contribution in [3.05, 3.63) is 69.6 Å². The fourth-order valence-corrected chi connectivity index (χ4v) is 5.95. The minimum absolute atomic E-state index is 0.248. The first-order chi connectivity index (χ1) is 16.7. The molecule has 0 atom stereocenters. The van der Waals surface area contributed by atoms with Crippen molar-refractivity contribution < 1.29 is 22.4 Å². The Morgan fingerprint density at radius 1 is 1.06 bits per heavy atom. The van der Waals surface area contributed by atoms with Crippen molar-refractivity contribution in [2.45, 2.75) is 32.2 Å². The second kappa shape index (κ2) is 10.2. The minimum atomic E-state index is -3.57. The standard InChI is InChI=1S/C25H29N3O6S/c1-4-33-25(30)26-20-7-8-21-19(14-24(29)34-22(21)15-20)16-27-9-11-28(12-10-27)35(31,32)23-13-17(2)5-6-18(23)3/h5-8,13-15H,4,9-12,16H2,1-3H3,(H,26,30). The van der Waals surface area contributed by atoms with E-state index in [0.29, 0.717) is 48.9 Å². The quantitative estimate of drug-likeness (QED) is 0.517. The molecule has 3 aromatic rings. The molecule has 1 aliphatic heterocycles. The van der Waals surface area contributed by atoms with Gasteiger partial charge in [-0.3, -0.25) is 10.2 Å².